The molecule has 13 heavy (non-hydrogen) atoms. The second-order valence-corrected chi connectivity index (χ2v) is 3.59. The fraction of sp³-hybridized carbons (Fsp3) is 0.111. The monoisotopic (exact) mass is 235 g/mol. The fourth-order valence-corrected chi connectivity index (χ4v) is 2.06. The summed E-state index contributed by atoms with van der Waals surface area (Å²) >= 11 is 3.40. The third kappa shape index (κ3) is 1.12. The predicted octanol–water partition coefficient (Wildman–Crippen LogP) is 2.28. The van der Waals surface area contributed by atoms with E-state index in [1.807, 2.05) is 23.6 Å². The van der Waals surface area contributed by atoms with Gasteiger partial charge in [-0.05, 0) is 28.9 Å². The number of aryl methyl sites for hydroxylation is 1. The van der Waals surface area contributed by atoms with Crippen molar-refractivity contribution < 1.29 is 0 Å². The van der Waals surface area contributed by atoms with E-state index in [4.69, 9.17) is 5.26 Å². The van der Waals surface area contributed by atoms with Crippen molar-refractivity contribution in [3.05, 3.63) is 34.3 Å². The second-order valence-electron chi connectivity index (χ2n) is 2.74. The molecule has 0 bridgehead atoms. The van der Waals surface area contributed by atoms with Crippen LogP contribution in [-0.2, 0) is 0 Å². The Bertz CT molecular complexity index is 507. The van der Waals surface area contributed by atoms with E-state index in [1.165, 1.54) is 0 Å². The van der Waals surface area contributed by atoms with Gasteiger partial charge < -0.3 is 4.40 Å². The van der Waals surface area contributed by atoms with E-state index < -0.39 is 0 Å². The molecule has 0 radical (unpaired) electrons. The maximum Gasteiger partial charge on any atom is 0.165 e. The van der Waals surface area contributed by atoms with Crippen molar-refractivity contribution in [1.29, 1.82) is 5.26 Å². The topological polar surface area (TPSA) is 41.1 Å². The average Bonchev–Trinajstić information content (AvgIpc) is 2.43. The number of rotatable bonds is 0. The van der Waals surface area contributed by atoms with Crippen LogP contribution in [0.5, 0.6) is 0 Å². The van der Waals surface area contributed by atoms with Crippen molar-refractivity contribution in [1.82, 2.24) is 9.38 Å². The molecule has 2 heterocycles. The van der Waals surface area contributed by atoms with Crippen LogP contribution >= 0.6 is 15.9 Å². The van der Waals surface area contributed by atoms with Crippen molar-refractivity contribution in [2.75, 3.05) is 0 Å². The Kier molecular flexibility index (Phi) is 1.82. The lowest BCUT2D eigenvalue weighted by Gasteiger charge is -1.97. The highest BCUT2D eigenvalue weighted by Gasteiger charge is 2.08. The van der Waals surface area contributed by atoms with Gasteiger partial charge in [0.2, 0.25) is 0 Å². The smallest absolute Gasteiger partial charge is 0.165 e. The summed E-state index contributed by atoms with van der Waals surface area (Å²) in [6.07, 6.45) is 3.47. The lowest BCUT2D eigenvalue weighted by Crippen LogP contribution is -1.91. The van der Waals surface area contributed by atoms with Crippen molar-refractivity contribution in [2.45, 2.75) is 6.92 Å². The van der Waals surface area contributed by atoms with Crippen molar-refractivity contribution >= 4 is 21.4 Å². The second kappa shape index (κ2) is 2.86. The average molecular weight is 236 g/mol. The number of halogens is 1. The zero-order valence-corrected chi connectivity index (χ0v) is 8.54. The quantitative estimate of drug-likeness (QED) is 0.704. The molecule has 2 aromatic heterocycles. The first kappa shape index (κ1) is 8.27. The summed E-state index contributed by atoms with van der Waals surface area (Å²) in [5, 5.41) is 8.82. The maximum atomic E-state index is 8.82. The van der Waals surface area contributed by atoms with Gasteiger partial charge in [0.05, 0.1) is 5.52 Å². The molecule has 0 saturated carbocycles. The van der Waals surface area contributed by atoms with Crippen LogP contribution in [-0.4, -0.2) is 9.38 Å². The molecule has 0 N–H and O–H groups in total. The SMILES string of the molecule is Cc1cc(Br)c2c(C#N)nccn12. The molecular weight excluding hydrogens is 230 g/mol. The first-order chi connectivity index (χ1) is 6.24. The molecule has 0 aliphatic heterocycles. The number of hydrogen-bond acceptors (Lipinski definition) is 2. The highest BCUT2D eigenvalue weighted by molar-refractivity contribution is 9.10. The summed E-state index contributed by atoms with van der Waals surface area (Å²) in [7, 11) is 0. The molecule has 0 atom stereocenters. The summed E-state index contributed by atoms with van der Waals surface area (Å²) in [5.74, 6) is 0. The summed E-state index contributed by atoms with van der Waals surface area (Å²) in [5.41, 5.74) is 2.37. The Hall–Kier alpha value is -1.34. The zero-order chi connectivity index (χ0) is 9.42. The van der Waals surface area contributed by atoms with E-state index >= 15 is 0 Å². The summed E-state index contributed by atoms with van der Waals surface area (Å²) in [6.45, 7) is 1.99. The van der Waals surface area contributed by atoms with Gasteiger partial charge in [-0.15, -0.1) is 0 Å². The molecular formula is C9H6BrN3. The maximum absolute atomic E-state index is 8.82. The number of nitrogens with zero attached hydrogens (tertiary/aromatic N) is 3. The largest absolute Gasteiger partial charge is 0.316 e. The van der Waals surface area contributed by atoms with Gasteiger partial charge >= 0.3 is 0 Å². The summed E-state index contributed by atoms with van der Waals surface area (Å²) in [4.78, 5) is 3.99. The van der Waals surface area contributed by atoms with Crippen LogP contribution in [0.3, 0.4) is 0 Å². The normalized spacial score (nSPS) is 10.2. The van der Waals surface area contributed by atoms with Crippen LogP contribution in [0, 0.1) is 18.3 Å². The number of aromatic nitrogens is 2. The third-order valence-electron chi connectivity index (χ3n) is 1.93. The molecule has 0 unspecified atom stereocenters. The molecule has 0 aliphatic carbocycles. The minimum Gasteiger partial charge on any atom is -0.316 e. The lowest BCUT2D eigenvalue weighted by molar-refractivity contribution is 1.07. The van der Waals surface area contributed by atoms with Gasteiger partial charge in [0.25, 0.3) is 0 Å². The van der Waals surface area contributed by atoms with E-state index in [0.717, 1.165) is 15.7 Å². The molecule has 0 aliphatic rings. The van der Waals surface area contributed by atoms with Gasteiger partial charge in [0.1, 0.15) is 6.07 Å². The van der Waals surface area contributed by atoms with E-state index in [1.54, 1.807) is 6.20 Å². The molecule has 0 amide bonds. The Balaban J connectivity index is 2.99. The Morgan fingerprint density at radius 2 is 2.38 bits per heavy atom. The Labute approximate surface area is 83.8 Å². The van der Waals surface area contributed by atoms with E-state index in [0.29, 0.717) is 5.69 Å². The Morgan fingerprint density at radius 1 is 1.62 bits per heavy atom. The van der Waals surface area contributed by atoms with E-state index in [-0.39, 0.29) is 0 Å². The van der Waals surface area contributed by atoms with Crippen molar-refractivity contribution in [2.24, 2.45) is 0 Å². The van der Waals surface area contributed by atoms with Crippen LogP contribution in [0.1, 0.15) is 11.4 Å². The number of nitriles is 1. The highest BCUT2D eigenvalue weighted by atomic mass is 79.9. The van der Waals surface area contributed by atoms with Gasteiger partial charge in [-0.25, -0.2) is 4.98 Å². The fourth-order valence-electron chi connectivity index (χ4n) is 1.35. The van der Waals surface area contributed by atoms with Gasteiger partial charge in [-0.3, -0.25) is 0 Å². The number of fused-ring (bicyclic) bond motifs is 1. The van der Waals surface area contributed by atoms with Crippen molar-refractivity contribution in [3.8, 4) is 6.07 Å². The molecule has 64 valence electrons. The van der Waals surface area contributed by atoms with Crippen LogP contribution in [0.4, 0.5) is 0 Å². The van der Waals surface area contributed by atoms with E-state index in [9.17, 15) is 0 Å². The summed E-state index contributed by atoms with van der Waals surface area (Å²) < 4.78 is 2.85. The molecule has 2 aromatic rings. The van der Waals surface area contributed by atoms with Gasteiger partial charge in [-0.1, -0.05) is 0 Å². The molecule has 4 heteroatoms. The third-order valence-corrected chi connectivity index (χ3v) is 2.54. The zero-order valence-electron chi connectivity index (χ0n) is 6.95. The highest BCUT2D eigenvalue weighted by Crippen LogP contribution is 2.23. The summed E-state index contributed by atoms with van der Waals surface area (Å²) in [6, 6.07) is 4.03. The van der Waals surface area contributed by atoms with E-state index in [2.05, 4.69) is 27.0 Å². The van der Waals surface area contributed by atoms with Crippen LogP contribution in [0.25, 0.3) is 5.52 Å². The minimum absolute atomic E-state index is 0.447. The molecule has 0 saturated heterocycles. The Morgan fingerprint density at radius 3 is 3.08 bits per heavy atom. The van der Waals surface area contributed by atoms with Crippen molar-refractivity contribution in [3.63, 3.8) is 0 Å². The molecule has 0 fully saturated rings. The molecule has 2 rings (SSSR count). The molecule has 0 aromatic carbocycles. The number of hydrogen-bond donors (Lipinski definition) is 0. The van der Waals surface area contributed by atoms with Crippen LogP contribution in [0.15, 0.2) is 22.9 Å². The minimum atomic E-state index is 0.447. The van der Waals surface area contributed by atoms with Crippen LogP contribution in [0.2, 0.25) is 0 Å². The van der Waals surface area contributed by atoms with Gasteiger partial charge in [0.15, 0.2) is 5.69 Å². The van der Waals surface area contributed by atoms with Gasteiger partial charge in [0, 0.05) is 22.6 Å². The molecule has 0 spiro atoms. The molecule has 3 nitrogen and oxygen atoms in total. The van der Waals surface area contributed by atoms with Crippen LogP contribution < -0.4 is 0 Å². The van der Waals surface area contributed by atoms with Gasteiger partial charge in [-0.2, -0.15) is 5.26 Å². The predicted molar refractivity (Wildman–Crippen MR) is 52.3 cm³/mol. The lowest BCUT2D eigenvalue weighted by atomic mass is 10.4. The first-order valence-corrected chi connectivity index (χ1v) is 4.55. The standard InChI is InChI=1S/C9H6BrN3/c1-6-4-7(10)9-8(5-11)12-2-3-13(6)9/h2-4H,1H3. The first-order valence-electron chi connectivity index (χ1n) is 3.76.